The van der Waals surface area contributed by atoms with Crippen LogP contribution in [-0.2, 0) is 17.1 Å². The number of hydrogen-bond acceptors (Lipinski definition) is 2. The SMILES string of the molecule is O=C(O)C1=CNc2ccc(C(F)(F)c3ccccc3F)cc2C1. The van der Waals surface area contributed by atoms with Gasteiger partial charge in [-0.25, -0.2) is 9.18 Å². The topological polar surface area (TPSA) is 49.3 Å². The van der Waals surface area contributed by atoms with E-state index in [9.17, 15) is 18.0 Å². The van der Waals surface area contributed by atoms with Crippen LogP contribution in [-0.4, -0.2) is 11.1 Å². The van der Waals surface area contributed by atoms with E-state index in [-0.39, 0.29) is 17.6 Å². The average Bonchev–Trinajstić information content (AvgIpc) is 2.54. The Balaban J connectivity index is 2.01. The maximum absolute atomic E-state index is 14.6. The van der Waals surface area contributed by atoms with Crippen LogP contribution in [0.4, 0.5) is 18.9 Å². The number of carboxylic acids is 1. The summed E-state index contributed by atoms with van der Waals surface area (Å²) >= 11 is 0. The Bertz CT molecular complexity index is 815. The lowest BCUT2D eigenvalue weighted by Gasteiger charge is -2.22. The molecule has 0 bridgehead atoms. The second-order valence-electron chi connectivity index (χ2n) is 5.22. The number of carbonyl (C=O) groups is 1. The molecule has 2 aromatic carbocycles. The van der Waals surface area contributed by atoms with Crippen LogP contribution in [0.15, 0.2) is 54.2 Å². The number of halogens is 3. The number of anilines is 1. The lowest BCUT2D eigenvalue weighted by atomic mass is 9.94. The van der Waals surface area contributed by atoms with E-state index in [1.807, 2.05) is 0 Å². The zero-order valence-electron chi connectivity index (χ0n) is 11.8. The van der Waals surface area contributed by atoms with E-state index in [1.54, 1.807) is 0 Å². The van der Waals surface area contributed by atoms with E-state index < -0.39 is 23.3 Å². The molecule has 3 rings (SSSR count). The fraction of sp³-hybridized carbons (Fsp3) is 0.118. The van der Waals surface area contributed by atoms with Gasteiger partial charge >= 0.3 is 11.9 Å². The number of benzene rings is 2. The van der Waals surface area contributed by atoms with Crippen molar-refractivity contribution < 1.29 is 23.1 Å². The van der Waals surface area contributed by atoms with Crippen molar-refractivity contribution >= 4 is 11.7 Å². The monoisotopic (exact) mass is 319 g/mol. The van der Waals surface area contributed by atoms with Crippen molar-refractivity contribution in [3.63, 3.8) is 0 Å². The number of alkyl halides is 2. The summed E-state index contributed by atoms with van der Waals surface area (Å²) in [5.74, 6) is -5.61. The summed E-state index contributed by atoms with van der Waals surface area (Å²) < 4.78 is 42.9. The molecule has 0 saturated heterocycles. The Morgan fingerprint density at radius 1 is 1.17 bits per heavy atom. The fourth-order valence-corrected chi connectivity index (χ4v) is 2.51. The minimum Gasteiger partial charge on any atom is -0.478 e. The molecule has 0 atom stereocenters. The first kappa shape index (κ1) is 15.1. The second kappa shape index (κ2) is 5.46. The summed E-state index contributed by atoms with van der Waals surface area (Å²) in [6.45, 7) is 0. The summed E-state index contributed by atoms with van der Waals surface area (Å²) in [4.78, 5) is 11.0. The highest BCUT2D eigenvalue weighted by Gasteiger charge is 2.37. The molecule has 0 aromatic heterocycles. The molecule has 0 saturated carbocycles. The van der Waals surface area contributed by atoms with E-state index in [1.165, 1.54) is 36.5 Å². The highest BCUT2D eigenvalue weighted by Crippen LogP contribution is 2.39. The van der Waals surface area contributed by atoms with Crippen molar-refractivity contribution in [2.45, 2.75) is 12.3 Å². The predicted molar refractivity (Wildman–Crippen MR) is 78.9 cm³/mol. The maximum Gasteiger partial charge on any atom is 0.333 e. The molecule has 0 amide bonds. The number of rotatable bonds is 3. The number of carboxylic acid groups (broad SMARTS) is 1. The third kappa shape index (κ3) is 2.67. The molecule has 0 fully saturated rings. The molecule has 2 N–H and O–H groups in total. The van der Waals surface area contributed by atoms with Gasteiger partial charge in [0.2, 0.25) is 0 Å². The molecule has 1 heterocycles. The summed E-state index contributed by atoms with van der Waals surface area (Å²) in [7, 11) is 0. The van der Waals surface area contributed by atoms with Crippen molar-refractivity contribution in [1.29, 1.82) is 0 Å². The number of fused-ring (bicyclic) bond motifs is 1. The molecule has 0 aliphatic carbocycles. The van der Waals surface area contributed by atoms with Gasteiger partial charge in [0.1, 0.15) is 5.82 Å². The van der Waals surface area contributed by atoms with Crippen LogP contribution >= 0.6 is 0 Å². The Kier molecular flexibility index (Phi) is 3.60. The molecular weight excluding hydrogens is 307 g/mol. The van der Waals surface area contributed by atoms with Gasteiger partial charge in [-0.1, -0.05) is 18.2 Å². The Hall–Kier alpha value is -2.76. The molecule has 0 spiro atoms. The predicted octanol–water partition coefficient (Wildman–Crippen LogP) is 3.90. The van der Waals surface area contributed by atoms with Crippen molar-refractivity contribution in [1.82, 2.24) is 0 Å². The summed E-state index contributed by atoms with van der Waals surface area (Å²) in [6, 6.07) is 8.56. The van der Waals surface area contributed by atoms with Gasteiger partial charge in [0.25, 0.3) is 0 Å². The van der Waals surface area contributed by atoms with Crippen molar-refractivity contribution in [2.75, 3.05) is 5.32 Å². The van der Waals surface area contributed by atoms with Crippen LogP contribution < -0.4 is 5.32 Å². The van der Waals surface area contributed by atoms with Gasteiger partial charge in [0.05, 0.1) is 11.1 Å². The van der Waals surface area contributed by atoms with Crippen LogP contribution in [0.25, 0.3) is 0 Å². The number of hydrogen-bond donors (Lipinski definition) is 2. The van der Waals surface area contributed by atoms with Gasteiger partial charge in [-0.2, -0.15) is 8.78 Å². The Morgan fingerprint density at radius 2 is 1.91 bits per heavy atom. The third-order valence-corrected chi connectivity index (χ3v) is 3.74. The molecule has 0 radical (unpaired) electrons. The molecule has 3 nitrogen and oxygen atoms in total. The van der Waals surface area contributed by atoms with E-state index in [4.69, 9.17) is 5.11 Å². The number of aliphatic carboxylic acids is 1. The molecule has 2 aromatic rings. The minimum atomic E-state index is -3.51. The van der Waals surface area contributed by atoms with E-state index in [2.05, 4.69) is 5.32 Å². The third-order valence-electron chi connectivity index (χ3n) is 3.74. The smallest absolute Gasteiger partial charge is 0.333 e. The standard InChI is InChI=1S/C17H12F3NO2/c18-14-4-2-1-3-13(14)17(19,20)12-5-6-15-10(8-12)7-11(9-21-15)16(22)23/h1-6,8-9,21H,7H2,(H,22,23). The maximum atomic E-state index is 14.6. The van der Waals surface area contributed by atoms with Crippen molar-refractivity contribution in [3.05, 3.63) is 76.7 Å². The van der Waals surface area contributed by atoms with Crippen LogP contribution in [0.5, 0.6) is 0 Å². The van der Waals surface area contributed by atoms with E-state index in [0.29, 0.717) is 11.3 Å². The normalized spacial score (nSPS) is 13.8. The van der Waals surface area contributed by atoms with E-state index >= 15 is 0 Å². The summed E-state index contributed by atoms with van der Waals surface area (Å²) in [6.07, 6.45) is 1.36. The summed E-state index contributed by atoms with van der Waals surface area (Å²) in [5, 5.41) is 11.8. The van der Waals surface area contributed by atoms with Gasteiger partial charge in [-0.15, -0.1) is 0 Å². The van der Waals surface area contributed by atoms with Crippen LogP contribution in [0.1, 0.15) is 16.7 Å². The molecular formula is C17H12F3NO2. The largest absolute Gasteiger partial charge is 0.478 e. The Morgan fingerprint density at radius 3 is 2.61 bits per heavy atom. The summed E-state index contributed by atoms with van der Waals surface area (Å²) in [5.41, 5.74) is -0.0298. The lowest BCUT2D eigenvalue weighted by Crippen LogP contribution is -2.19. The minimum absolute atomic E-state index is 0.0266. The molecule has 6 heteroatoms. The zero-order valence-corrected chi connectivity index (χ0v) is 11.8. The highest BCUT2D eigenvalue weighted by molar-refractivity contribution is 5.89. The quantitative estimate of drug-likeness (QED) is 0.902. The van der Waals surface area contributed by atoms with Gasteiger partial charge in [0, 0.05) is 23.9 Å². The van der Waals surface area contributed by atoms with Crippen LogP contribution in [0, 0.1) is 5.82 Å². The van der Waals surface area contributed by atoms with Crippen LogP contribution in [0.3, 0.4) is 0 Å². The van der Waals surface area contributed by atoms with Gasteiger partial charge in [-0.3, -0.25) is 0 Å². The first-order valence-electron chi connectivity index (χ1n) is 6.84. The van der Waals surface area contributed by atoms with Gasteiger partial charge < -0.3 is 10.4 Å². The zero-order chi connectivity index (χ0) is 16.6. The second-order valence-corrected chi connectivity index (χ2v) is 5.22. The van der Waals surface area contributed by atoms with Crippen LogP contribution in [0.2, 0.25) is 0 Å². The highest BCUT2D eigenvalue weighted by atomic mass is 19.3. The van der Waals surface area contributed by atoms with E-state index in [0.717, 1.165) is 12.1 Å². The van der Waals surface area contributed by atoms with Gasteiger partial charge in [0.15, 0.2) is 0 Å². The molecule has 0 unspecified atom stereocenters. The molecule has 1 aliphatic heterocycles. The Labute approximate surface area is 130 Å². The molecule has 23 heavy (non-hydrogen) atoms. The molecule has 1 aliphatic rings. The fourth-order valence-electron chi connectivity index (χ4n) is 2.51. The lowest BCUT2D eigenvalue weighted by molar-refractivity contribution is -0.132. The first-order valence-corrected chi connectivity index (χ1v) is 6.84. The average molecular weight is 319 g/mol. The van der Waals surface area contributed by atoms with Crippen molar-refractivity contribution in [3.8, 4) is 0 Å². The number of nitrogens with one attached hydrogen (secondary N) is 1. The van der Waals surface area contributed by atoms with Crippen molar-refractivity contribution in [2.24, 2.45) is 0 Å². The first-order chi connectivity index (χ1) is 10.9. The van der Waals surface area contributed by atoms with Gasteiger partial charge in [-0.05, 0) is 29.8 Å². The molecule has 118 valence electrons.